The van der Waals surface area contributed by atoms with E-state index < -0.39 is 15.6 Å². The van der Waals surface area contributed by atoms with Gasteiger partial charge in [-0.05, 0) is 0 Å². The van der Waals surface area contributed by atoms with Crippen LogP contribution < -0.4 is 160 Å². The van der Waals surface area contributed by atoms with Crippen LogP contribution in [0.2, 0.25) is 0 Å². The minimum absolute atomic E-state index is 0. The average Bonchev–Trinajstić information content (AvgIpc) is 1.60. The molecule has 0 bridgehead atoms. The van der Waals surface area contributed by atoms with E-state index in [-0.39, 0.29) is 140 Å². The van der Waals surface area contributed by atoms with E-state index in [9.17, 15) is 23.8 Å². The van der Waals surface area contributed by atoms with Gasteiger partial charge in [-0.1, -0.05) is 0 Å². The van der Waals surface area contributed by atoms with Gasteiger partial charge in [0.05, 0.1) is 7.82 Å². The Kier molecular flexibility index (Phi) is 31.9. The fourth-order valence-corrected chi connectivity index (χ4v) is 1.22. The summed E-state index contributed by atoms with van der Waals surface area (Å²) in [6.07, 6.45) is 0. The van der Waals surface area contributed by atoms with Crippen LogP contribution in [0.4, 0.5) is 0 Å². The molecule has 1 unspecified atom stereocenters. The van der Waals surface area contributed by atoms with Gasteiger partial charge in [0.25, 0.3) is 7.82 Å². The Morgan fingerprint density at radius 1 is 0.929 bits per heavy atom. The number of hydrogen-bond donors (Lipinski definition) is 0. The second kappa shape index (κ2) is 14.3. The third kappa shape index (κ3) is 22.1. The first-order chi connectivity index (χ1) is 4.27. The Balaban J connectivity index is -0.0000000675. The van der Waals surface area contributed by atoms with Gasteiger partial charge in [0.2, 0.25) is 0 Å². The van der Waals surface area contributed by atoms with Gasteiger partial charge < -0.3 is 29.2 Å². The summed E-state index contributed by atoms with van der Waals surface area (Å²) in [4.78, 5) is 28.6. The maximum Gasteiger partial charge on any atom is 1.00 e. The first kappa shape index (κ1) is 31.3. The molecule has 0 N–H and O–H groups in total. The van der Waals surface area contributed by atoms with Gasteiger partial charge in [0, 0.05) is 0 Å². The summed E-state index contributed by atoms with van der Waals surface area (Å²) in [6.45, 7) is 0. The van der Waals surface area contributed by atoms with Crippen molar-refractivity contribution < 1.29 is 178 Å². The molecule has 0 aliphatic carbocycles. The molecule has 0 aromatic rings. The summed E-state index contributed by atoms with van der Waals surface area (Å²) < 4.78 is 24.1. The third-order valence-electron chi connectivity index (χ3n) is 0.291. The molecule has 0 aliphatic heterocycles. The van der Waals surface area contributed by atoms with Crippen LogP contribution in [0.15, 0.2) is 0 Å². The predicted molar refractivity (Wildman–Crippen MR) is 17.4 cm³/mol. The van der Waals surface area contributed by atoms with Crippen molar-refractivity contribution in [3.63, 3.8) is 0 Å². The van der Waals surface area contributed by atoms with Crippen molar-refractivity contribution in [3.05, 3.63) is 0 Å². The van der Waals surface area contributed by atoms with Gasteiger partial charge in [-0.2, -0.15) is 0 Å². The van der Waals surface area contributed by atoms with Gasteiger partial charge in [0.1, 0.15) is 0 Å². The van der Waals surface area contributed by atoms with Gasteiger partial charge in [-0.15, -0.1) is 0 Å². The van der Waals surface area contributed by atoms with E-state index in [1.807, 2.05) is 0 Å². The number of phosphoric acid groups is 2. The number of rotatable bonds is 3. The summed E-state index contributed by atoms with van der Waals surface area (Å²) in [6, 6.07) is 0. The fourth-order valence-electron chi connectivity index (χ4n) is 0.136. The molecule has 0 saturated heterocycles. The van der Waals surface area contributed by atoms with Crippen molar-refractivity contribution in [2.24, 2.45) is 0 Å². The van der Waals surface area contributed by atoms with Crippen molar-refractivity contribution in [2.75, 3.05) is 0 Å². The zero-order chi connectivity index (χ0) is 8.41. The van der Waals surface area contributed by atoms with E-state index >= 15 is 0 Å². The molecule has 8 nitrogen and oxygen atoms in total. The SMILES string of the molecule is O=P([O-])([O-])OP(=O)([O-])O[O-].[K+].[Na+].[Na+].[Na+]. The van der Waals surface area contributed by atoms with Crippen molar-refractivity contribution in [1.82, 2.24) is 0 Å². The zero-order valence-electron chi connectivity index (χ0n) is 8.16. The molecule has 0 heterocycles. The maximum atomic E-state index is 9.71. The van der Waals surface area contributed by atoms with E-state index in [2.05, 4.69) is 8.99 Å². The second-order valence-electron chi connectivity index (χ2n) is 1.05. The van der Waals surface area contributed by atoms with Gasteiger partial charge in [0.15, 0.2) is 0 Å². The Morgan fingerprint density at radius 3 is 1.29 bits per heavy atom. The van der Waals surface area contributed by atoms with Crippen molar-refractivity contribution in [2.45, 2.75) is 0 Å². The minimum Gasteiger partial charge on any atom is -0.790 e. The normalized spacial score (nSPS) is 13.1. The quantitative estimate of drug-likeness (QED) is 0.216. The first-order valence-electron chi connectivity index (χ1n) is 1.63. The maximum absolute atomic E-state index is 9.71. The van der Waals surface area contributed by atoms with Crippen LogP contribution in [-0.2, 0) is 18.1 Å². The molecular formula is KNa3O8P2. The van der Waals surface area contributed by atoms with Crippen LogP contribution in [0.5, 0.6) is 0 Å². The van der Waals surface area contributed by atoms with E-state index in [0.29, 0.717) is 0 Å². The Morgan fingerprint density at radius 2 is 1.21 bits per heavy atom. The Labute approximate surface area is 189 Å². The average molecular weight is 298 g/mol. The molecule has 0 spiro atoms. The molecule has 0 saturated carbocycles. The van der Waals surface area contributed by atoms with Crippen molar-refractivity contribution in [1.29, 1.82) is 0 Å². The van der Waals surface area contributed by atoms with Gasteiger partial charge in [-0.3, -0.25) is 8.88 Å². The minimum atomic E-state index is -5.70. The van der Waals surface area contributed by atoms with Crippen LogP contribution in [0, 0.1) is 0 Å². The molecule has 62 valence electrons. The Hall–Kier alpha value is 4.86. The monoisotopic (exact) mass is 298 g/mol. The van der Waals surface area contributed by atoms with Crippen LogP contribution in [-0.4, -0.2) is 0 Å². The molecule has 0 aromatic carbocycles. The van der Waals surface area contributed by atoms with Crippen LogP contribution in [0.25, 0.3) is 0 Å². The first-order valence-corrected chi connectivity index (χ1v) is 4.55. The smallest absolute Gasteiger partial charge is 0.790 e. The zero-order valence-corrected chi connectivity index (χ0v) is 19.1. The molecular weight excluding hydrogens is 298 g/mol. The molecule has 0 aliphatic rings. The molecule has 14 heteroatoms. The fraction of sp³-hybridized carbons (Fsp3) is 0. The van der Waals surface area contributed by atoms with Crippen LogP contribution in [0.1, 0.15) is 0 Å². The largest absolute Gasteiger partial charge is 1.00 e. The van der Waals surface area contributed by atoms with E-state index in [1.54, 1.807) is 0 Å². The van der Waals surface area contributed by atoms with Crippen LogP contribution in [0.3, 0.4) is 0 Å². The van der Waals surface area contributed by atoms with Crippen LogP contribution >= 0.6 is 15.6 Å². The molecule has 0 rings (SSSR count). The molecule has 1 atom stereocenters. The van der Waals surface area contributed by atoms with E-state index in [1.165, 1.54) is 0 Å². The molecule has 0 radical (unpaired) electrons. The topological polar surface area (TPSA) is 145 Å². The summed E-state index contributed by atoms with van der Waals surface area (Å²) in [5, 5.41) is 9.03. The van der Waals surface area contributed by atoms with Crippen molar-refractivity contribution in [3.8, 4) is 0 Å². The van der Waals surface area contributed by atoms with E-state index in [4.69, 9.17) is 5.26 Å². The standard InChI is InChI=1S/K.3Na.H4O8P2/c;;;;1-7-10(5,6)8-9(2,3)4/h;;;;1H,(H,5,6)(H2,2,3,4)/q4*+1;/p-4. The molecule has 14 heavy (non-hydrogen) atoms. The van der Waals surface area contributed by atoms with Crippen molar-refractivity contribution >= 4 is 15.6 Å². The van der Waals surface area contributed by atoms with Gasteiger partial charge >= 0.3 is 140 Å². The van der Waals surface area contributed by atoms with Gasteiger partial charge in [-0.25, -0.2) is 0 Å². The third-order valence-corrected chi connectivity index (χ3v) is 2.07. The summed E-state index contributed by atoms with van der Waals surface area (Å²) >= 11 is 0. The molecule has 0 fully saturated rings. The van der Waals surface area contributed by atoms with E-state index in [0.717, 1.165) is 0 Å². The second-order valence-corrected chi connectivity index (χ2v) is 3.64. The molecule has 0 amide bonds. The summed E-state index contributed by atoms with van der Waals surface area (Å²) in [5.74, 6) is 0. The number of hydrogen-bond acceptors (Lipinski definition) is 8. The Bertz CT molecular complexity index is 201. The predicted octanol–water partition coefficient (Wildman–Crippen LogP) is -15.4. The summed E-state index contributed by atoms with van der Waals surface area (Å²) in [7, 11) is -11.2. The molecule has 0 aromatic heterocycles. The summed E-state index contributed by atoms with van der Waals surface area (Å²) in [5.41, 5.74) is 0.